The molecule has 6 nitrogen and oxygen atoms in total. The SMILES string of the molecule is Cn1c(=O)c2c(SC3CCCC3)nc(C3CCCC3)nc2n(C)c1=O. The summed E-state index contributed by atoms with van der Waals surface area (Å²) in [4.78, 5) is 34.7. The van der Waals surface area contributed by atoms with E-state index in [1.165, 1.54) is 54.7 Å². The highest BCUT2D eigenvalue weighted by Gasteiger charge is 2.26. The first-order chi connectivity index (χ1) is 12.1. The van der Waals surface area contributed by atoms with Crippen LogP contribution in [0.4, 0.5) is 0 Å². The number of nitrogens with zero attached hydrogens (tertiary/aromatic N) is 4. The van der Waals surface area contributed by atoms with Crippen LogP contribution in [0.2, 0.25) is 0 Å². The summed E-state index contributed by atoms with van der Waals surface area (Å²) in [5, 5.41) is 1.79. The van der Waals surface area contributed by atoms with Crippen LogP contribution in [0.1, 0.15) is 63.1 Å². The summed E-state index contributed by atoms with van der Waals surface area (Å²) in [6, 6.07) is 0. The molecule has 2 fully saturated rings. The van der Waals surface area contributed by atoms with Gasteiger partial charge in [-0.1, -0.05) is 25.7 Å². The molecule has 0 amide bonds. The van der Waals surface area contributed by atoms with Crippen molar-refractivity contribution in [2.24, 2.45) is 14.1 Å². The Morgan fingerprint density at radius 3 is 2.24 bits per heavy atom. The largest absolute Gasteiger partial charge is 0.332 e. The Balaban J connectivity index is 1.94. The molecule has 2 aliphatic carbocycles. The third kappa shape index (κ3) is 2.92. The molecule has 2 aromatic rings. The maximum absolute atomic E-state index is 12.8. The van der Waals surface area contributed by atoms with Gasteiger partial charge in [0.25, 0.3) is 5.56 Å². The molecule has 2 aromatic heterocycles. The maximum atomic E-state index is 12.8. The van der Waals surface area contributed by atoms with Gasteiger partial charge in [0.2, 0.25) is 0 Å². The van der Waals surface area contributed by atoms with Gasteiger partial charge in [-0.3, -0.25) is 13.9 Å². The normalized spacial score (nSPS) is 19.3. The van der Waals surface area contributed by atoms with Crippen LogP contribution in [-0.2, 0) is 14.1 Å². The van der Waals surface area contributed by atoms with Gasteiger partial charge in [-0.05, 0) is 25.7 Å². The topological polar surface area (TPSA) is 69.8 Å². The molecule has 0 aromatic carbocycles. The zero-order valence-corrected chi connectivity index (χ0v) is 15.6. The predicted molar refractivity (Wildman–Crippen MR) is 99.3 cm³/mol. The highest BCUT2D eigenvalue weighted by atomic mass is 32.2. The van der Waals surface area contributed by atoms with Crippen molar-refractivity contribution in [2.75, 3.05) is 0 Å². The summed E-state index contributed by atoms with van der Waals surface area (Å²) in [5.41, 5.74) is -0.118. The second kappa shape index (κ2) is 6.59. The second-order valence-electron chi connectivity index (χ2n) is 7.30. The Kier molecular flexibility index (Phi) is 4.43. The molecule has 4 rings (SSSR count). The fourth-order valence-electron chi connectivity index (χ4n) is 4.06. The highest BCUT2D eigenvalue weighted by Crippen LogP contribution is 2.38. The third-order valence-electron chi connectivity index (χ3n) is 5.58. The number of fused-ring (bicyclic) bond motifs is 1. The fourth-order valence-corrected chi connectivity index (χ4v) is 5.39. The summed E-state index contributed by atoms with van der Waals surface area (Å²) in [6.45, 7) is 0. The van der Waals surface area contributed by atoms with Crippen molar-refractivity contribution in [2.45, 2.75) is 67.6 Å². The lowest BCUT2D eigenvalue weighted by molar-refractivity contribution is 0.648. The molecule has 0 saturated heterocycles. The first-order valence-electron chi connectivity index (χ1n) is 9.20. The van der Waals surface area contributed by atoms with Gasteiger partial charge in [0.15, 0.2) is 5.65 Å². The van der Waals surface area contributed by atoms with Crippen molar-refractivity contribution in [1.29, 1.82) is 0 Å². The summed E-state index contributed by atoms with van der Waals surface area (Å²) in [6.07, 6.45) is 9.41. The second-order valence-corrected chi connectivity index (χ2v) is 8.59. The number of thioether (sulfide) groups is 1. The third-order valence-corrected chi connectivity index (χ3v) is 6.91. The van der Waals surface area contributed by atoms with Crippen LogP contribution in [0.5, 0.6) is 0 Å². The molecule has 0 atom stereocenters. The smallest absolute Gasteiger partial charge is 0.280 e. The summed E-state index contributed by atoms with van der Waals surface area (Å²) < 4.78 is 2.66. The molecule has 7 heteroatoms. The van der Waals surface area contributed by atoms with E-state index in [1.807, 2.05) is 0 Å². The van der Waals surface area contributed by atoms with E-state index in [1.54, 1.807) is 18.8 Å². The van der Waals surface area contributed by atoms with E-state index in [2.05, 4.69) is 4.98 Å². The van der Waals surface area contributed by atoms with Crippen LogP contribution in [0.15, 0.2) is 14.6 Å². The van der Waals surface area contributed by atoms with E-state index in [4.69, 9.17) is 4.98 Å². The van der Waals surface area contributed by atoms with Crippen LogP contribution < -0.4 is 11.2 Å². The van der Waals surface area contributed by atoms with E-state index in [-0.39, 0.29) is 11.2 Å². The van der Waals surface area contributed by atoms with Gasteiger partial charge in [0, 0.05) is 25.3 Å². The molecule has 0 spiro atoms. The lowest BCUT2D eigenvalue weighted by Gasteiger charge is -2.16. The number of aryl methyl sites for hydroxylation is 1. The zero-order valence-electron chi connectivity index (χ0n) is 14.8. The van der Waals surface area contributed by atoms with Crippen LogP contribution in [0.25, 0.3) is 11.0 Å². The van der Waals surface area contributed by atoms with Gasteiger partial charge in [-0.15, -0.1) is 11.8 Å². The van der Waals surface area contributed by atoms with E-state index >= 15 is 0 Å². The van der Waals surface area contributed by atoms with Gasteiger partial charge in [0.05, 0.1) is 0 Å². The minimum absolute atomic E-state index is 0.281. The predicted octanol–water partition coefficient (Wildman–Crippen LogP) is 2.72. The molecule has 25 heavy (non-hydrogen) atoms. The molecule has 0 aliphatic heterocycles. The van der Waals surface area contributed by atoms with Gasteiger partial charge in [-0.25, -0.2) is 14.8 Å². The van der Waals surface area contributed by atoms with Crippen LogP contribution in [-0.4, -0.2) is 24.4 Å². The summed E-state index contributed by atoms with van der Waals surface area (Å²) >= 11 is 1.71. The van der Waals surface area contributed by atoms with Gasteiger partial charge in [-0.2, -0.15) is 0 Å². The van der Waals surface area contributed by atoms with Crippen molar-refractivity contribution in [1.82, 2.24) is 19.1 Å². The lowest BCUT2D eigenvalue weighted by atomic mass is 10.1. The fraction of sp³-hybridized carbons (Fsp3) is 0.667. The quantitative estimate of drug-likeness (QED) is 0.787. The maximum Gasteiger partial charge on any atom is 0.332 e. The zero-order chi connectivity index (χ0) is 17.6. The van der Waals surface area contributed by atoms with Gasteiger partial charge < -0.3 is 0 Å². The molecule has 2 aliphatic rings. The average Bonchev–Trinajstić information content (AvgIpc) is 3.31. The number of aromatic nitrogens is 4. The van der Waals surface area contributed by atoms with Gasteiger partial charge >= 0.3 is 5.69 Å². The Hall–Kier alpha value is -1.63. The Bertz CT molecular complexity index is 921. The summed E-state index contributed by atoms with van der Waals surface area (Å²) in [7, 11) is 3.22. The molecular formula is C18H24N4O2S. The van der Waals surface area contributed by atoms with Crippen molar-refractivity contribution >= 4 is 22.8 Å². The standard InChI is InChI=1S/C18H24N4O2S/c1-21-15-13(17(23)22(2)18(21)24)16(25-12-9-5-6-10-12)20-14(19-15)11-7-3-4-8-11/h11-12H,3-10H2,1-2H3. The molecule has 2 heterocycles. The first kappa shape index (κ1) is 16.8. The van der Waals surface area contributed by atoms with E-state index < -0.39 is 0 Å². The van der Waals surface area contributed by atoms with E-state index in [0.29, 0.717) is 22.2 Å². The van der Waals surface area contributed by atoms with E-state index in [0.717, 1.165) is 23.7 Å². The van der Waals surface area contributed by atoms with E-state index in [9.17, 15) is 9.59 Å². The molecule has 134 valence electrons. The molecule has 2 saturated carbocycles. The molecule has 0 unspecified atom stereocenters. The lowest BCUT2D eigenvalue weighted by Crippen LogP contribution is -2.38. The first-order valence-corrected chi connectivity index (χ1v) is 10.1. The number of rotatable bonds is 3. The highest BCUT2D eigenvalue weighted by molar-refractivity contribution is 8.00. The minimum atomic E-state index is -0.328. The number of hydrogen-bond acceptors (Lipinski definition) is 5. The molecule has 0 radical (unpaired) electrons. The Morgan fingerprint density at radius 2 is 1.56 bits per heavy atom. The molecule has 0 bridgehead atoms. The Labute approximate surface area is 150 Å². The minimum Gasteiger partial charge on any atom is -0.280 e. The monoisotopic (exact) mass is 360 g/mol. The number of hydrogen-bond donors (Lipinski definition) is 0. The molecule has 0 N–H and O–H groups in total. The molecular weight excluding hydrogens is 336 g/mol. The van der Waals surface area contributed by atoms with Crippen LogP contribution in [0.3, 0.4) is 0 Å². The van der Waals surface area contributed by atoms with Crippen molar-refractivity contribution in [3.63, 3.8) is 0 Å². The Morgan fingerprint density at radius 1 is 0.920 bits per heavy atom. The van der Waals surface area contributed by atoms with Gasteiger partial charge in [0.1, 0.15) is 16.2 Å². The van der Waals surface area contributed by atoms with Crippen molar-refractivity contribution < 1.29 is 0 Å². The van der Waals surface area contributed by atoms with Crippen molar-refractivity contribution in [3.05, 3.63) is 26.7 Å². The van der Waals surface area contributed by atoms with Crippen LogP contribution >= 0.6 is 11.8 Å². The van der Waals surface area contributed by atoms with Crippen LogP contribution in [0, 0.1) is 0 Å². The van der Waals surface area contributed by atoms with Crippen molar-refractivity contribution in [3.8, 4) is 0 Å². The average molecular weight is 360 g/mol. The summed E-state index contributed by atoms with van der Waals surface area (Å²) in [5.74, 6) is 1.17.